The first-order valence-corrected chi connectivity index (χ1v) is 8.10. The van der Waals surface area contributed by atoms with Gasteiger partial charge in [-0.05, 0) is 38.5 Å². The summed E-state index contributed by atoms with van der Waals surface area (Å²) in [7, 11) is 0. The first-order chi connectivity index (χ1) is 8.60. The number of nitrogens with zero attached hydrogens (tertiary/aromatic N) is 1. The van der Waals surface area contributed by atoms with Gasteiger partial charge in [0.15, 0.2) is 0 Å². The Labute approximate surface area is 115 Å². The van der Waals surface area contributed by atoms with Crippen molar-refractivity contribution in [3.63, 3.8) is 0 Å². The van der Waals surface area contributed by atoms with Gasteiger partial charge in [-0.25, -0.2) is 4.98 Å². The number of hydrogen-bond acceptors (Lipinski definition) is 3. The van der Waals surface area contributed by atoms with E-state index in [1.165, 1.54) is 47.7 Å². The van der Waals surface area contributed by atoms with E-state index in [1.54, 1.807) is 0 Å². The molecule has 2 N–H and O–H groups in total. The SMILES string of the molecule is CCC1CCC(C(N)Cc2nc(C)c(C)s2)CC1. The molecule has 0 bridgehead atoms. The third-order valence-corrected chi connectivity index (χ3v) is 5.65. The summed E-state index contributed by atoms with van der Waals surface area (Å²) >= 11 is 1.82. The van der Waals surface area contributed by atoms with Crippen molar-refractivity contribution in [3.8, 4) is 0 Å². The van der Waals surface area contributed by atoms with Gasteiger partial charge in [0.25, 0.3) is 0 Å². The first-order valence-electron chi connectivity index (χ1n) is 7.28. The quantitative estimate of drug-likeness (QED) is 0.899. The maximum atomic E-state index is 6.39. The highest BCUT2D eigenvalue weighted by atomic mass is 32.1. The van der Waals surface area contributed by atoms with Gasteiger partial charge in [0.1, 0.15) is 0 Å². The third kappa shape index (κ3) is 3.33. The monoisotopic (exact) mass is 266 g/mol. The van der Waals surface area contributed by atoms with Crippen molar-refractivity contribution in [2.75, 3.05) is 0 Å². The van der Waals surface area contributed by atoms with Crippen molar-refractivity contribution >= 4 is 11.3 Å². The van der Waals surface area contributed by atoms with E-state index >= 15 is 0 Å². The molecule has 0 radical (unpaired) electrons. The molecule has 1 heterocycles. The Hall–Kier alpha value is -0.410. The second kappa shape index (κ2) is 6.16. The molecule has 0 spiro atoms. The number of hydrogen-bond donors (Lipinski definition) is 1. The van der Waals surface area contributed by atoms with Crippen LogP contribution in [0, 0.1) is 25.7 Å². The van der Waals surface area contributed by atoms with Gasteiger partial charge < -0.3 is 5.73 Å². The number of aromatic nitrogens is 1. The van der Waals surface area contributed by atoms with E-state index in [9.17, 15) is 0 Å². The Morgan fingerprint density at radius 3 is 2.44 bits per heavy atom. The number of thiazole rings is 1. The van der Waals surface area contributed by atoms with Crippen molar-refractivity contribution in [1.29, 1.82) is 0 Å². The minimum absolute atomic E-state index is 0.313. The molecule has 1 saturated carbocycles. The molecular weight excluding hydrogens is 240 g/mol. The molecule has 1 fully saturated rings. The zero-order chi connectivity index (χ0) is 13.1. The highest BCUT2D eigenvalue weighted by molar-refractivity contribution is 7.11. The Bertz CT molecular complexity index is 358. The third-order valence-electron chi connectivity index (χ3n) is 4.56. The zero-order valence-electron chi connectivity index (χ0n) is 11.9. The summed E-state index contributed by atoms with van der Waals surface area (Å²) < 4.78 is 0. The van der Waals surface area contributed by atoms with Crippen molar-refractivity contribution < 1.29 is 0 Å². The van der Waals surface area contributed by atoms with Crippen LogP contribution in [0.15, 0.2) is 0 Å². The van der Waals surface area contributed by atoms with E-state index in [4.69, 9.17) is 5.73 Å². The molecule has 1 aliphatic rings. The fourth-order valence-corrected chi connectivity index (χ4v) is 4.02. The summed E-state index contributed by atoms with van der Waals surface area (Å²) in [6, 6.07) is 0.313. The molecular formula is C15H26N2S. The fraction of sp³-hybridized carbons (Fsp3) is 0.800. The van der Waals surface area contributed by atoms with Crippen LogP contribution in [0.25, 0.3) is 0 Å². The van der Waals surface area contributed by atoms with Crippen LogP contribution in [0.5, 0.6) is 0 Å². The molecule has 0 aromatic carbocycles. The Morgan fingerprint density at radius 1 is 1.28 bits per heavy atom. The topological polar surface area (TPSA) is 38.9 Å². The number of aryl methyl sites for hydroxylation is 2. The summed E-state index contributed by atoms with van der Waals surface area (Å²) in [5.41, 5.74) is 7.57. The van der Waals surface area contributed by atoms with Gasteiger partial charge in [-0.1, -0.05) is 26.2 Å². The van der Waals surface area contributed by atoms with Gasteiger partial charge in [0.2, 0.25) is 0 Å². The van der Waals surface area contributed by atoms with Crippen LogP contribution in [-0.2, 0) is 6.42 Å². The van der Waals surface area contributed by atoms with Gasteiger partial charge in [-0.2, -0.15) is 0 Å². The molecule has 1 unspecified atom stereocenters. The minimum Gasteiger partial charge on any atom is -0.327 e. The van der Waals surface area contributed by atoms with E-state index < -0.39 is 0 Å². The van der Waals surface area contributed by atoms with Crippen LogP contribution in [0.2, 0.25) is 0 Å². The molecule has 102 valence electrons. The van der Waals surface area contributed by atoms with E-state index in [1.807, 2.05) is 11.3 Å². The molecule has 0 aliphatic heterocycles. The average molecular weight is 266 g/mol. The van der Waals surface area contributed by atoms with Crippen LogP contribution in [0.3, 0.4) is 0 Å². The molecule has 18 heavy (non-hydrogen) atoms. The van der Waals surface area contributed by atoms with Gasteiger partial charge in [0, 0.05) is 17.3 Å². The summed E-state index contributed by atoms with van der Waals surface area (Å²) in [4.78, 5) is 5.95. The van der Waals surface area contributed by atoms with E-state index in [-0.39, 0.29) is 0 Å². The maximum Gasteiger partial charge on any atom is 0.0946 e. The van der Waals surface area contributed by atoms with Crippen LogP contribution in [0.1, 0.15) is 54.6 Å². The largest absolute Gasteiger partial charge is 0.327 e. The summed E-state index contributed by atoms with van der Waals surface area (Å²) in [6.45, 7) is 6.55. The molecule has 3 heteroatoms. The van der Waals surface area contributed by atoms with E-state index in [0.717, 1.165) is 18.3 Å². The molecule has 1 aliphatic carbocycles. The molecule has 2 rings (SSSR count). The highest BCUT2D eigenvalue weighted by Crippen LogP contribution is 2.33. The van der Waals surface area contributed by atoms with Crippen molar-refractivity contribution in [2.45, 2.75) is 65.3 Å². The second-order valence-electron chi connectivity index (χ2n) is 5.81. The smallest absolute Gasteiger partial charge is 0.0946 e. The molecule has 0 amide bonds. The van der Waals surface area contributed by atoms with Gasteiger partial charge in [0.05, 0.1) is 10.7 Å². The fourth-order valence-electron chi connectivity index (χ4n) is 3.02. The lowest BCUT2D eigenvalue weighted by molar-refractivity contribution is 0.238. The number of rotatable bonds is 4. The number of nitrogens with two attached hydrogens (primary N) is 1. The van der Waals surface area contributed by atoms with Crippen LogP contribution >= 0.6 is 11.3 Å². The summed E-state index contributed by atoms with van der Waals surface area (Å²) in [5, 5.41) is 1.23. The second-order valence-corrected chi connectivity index (χ2v) is 7.09. The highest BCUT2D eigenvalue weighted by Gasteiger charge is 2.25. The predicted octanol–water partition coefficient (Wildman–Crippen LogP) is 3.85. The lowest BCUT2D eigenvalue weighted by Crippen LogP contribution is -2.34. The standard InChI is InChI=1S/C15H26N2S/c1-4-12-5-7-13(8-6-12)14(16)9-15-17-10(2)11(3)18-15/h12-14H,4-9,16H2,1-3H3. The summed E-state index contributed by atoms with van der Waals surface area (Å²) in [6.07, 6.45) is 7.72. The molecule has 1 aromatic heterocycles. The van der Waals surface area contributed by atoms with Gasteiger partial charge >= 0.3 is 0 Å². The first kappa shape index (κ1) is 14.0. The summed E-state index contributed by atoms with van der Waals surface area (Å²) in [5.74, 6) is 1.68. The van der Waals surface area contributed by atoms with Crippen LogP contribution in [0.4, 0.5) is 0 Å². The average Bonchev–Trinajstić information content (AvgIpc) is 2.68. The van der Waals surface area contributed by atoms with Crippen LogP contribution in [-0.4, -0.2) is 11.0 Å². The lowest BCUT2D eigenvalue weighted by atomic mass is 9.77. The van der Waals surface area contributed by atoms with E-state index in [0.29, 0.717) is 6.04 Å². The minimum atomic E-state index is 0.313. The lowest BCUT2D eigenvalue weighted by Gasteiger charge is -2.31. The van der Waals surface area contributed by atoms with Crippen molar-refractivity contribution in [2.24, 2.45) is 17.6 Å². The molecule has 2 nitrogen and oxygen atoms in total. The Kier molecular flexibility index (Phi) is 4.79. The molecule has 1 atom stereocenters. The Morgan fingerprint density at radius 2 is 1.94 bits per heavy atom. The van der Waals surface area contributed by atoms with Gasteiger partial charge in [-0.3, -0.25) is 0 Å². The Balaban J connectivity index is 1.86. The molecule has 0 saturated heterocycles. The normalized spacial score (nSPS) is 26.2. The zero-order valence-corrected chi connectivity index (χ0v) is 12.7. The van der Waals surface area contributed by atoms with Gasteiger partial charge in [-0.15, -0.1) is 11.3 Å². The van der Waals surface area contributed by atoms with Crippen LogP contribution < -0.4 is 5.73 Å². The predicted molar refractivity (Wildman–Crippen MR) is 79.0 cm³/mol. The molecule has 1 aromatic rings. The van der Waals surface area contributed by atoms with E-state index in [2.05, 4.69) is 25.8 Å². The van der Waals surface area contributed by atoms with Crippen molar-refractivity contribution in [3.05, 3.63) is 15.6 Å². The van der Waals surface area contributed by atoms with Crippen molar-refractivity contribution in [1.82, 2.24) is 4.98 Å². The maximum absolute atomic E-state index is 6.39.